The average molecular weight is 414 g/mol. The van der Waals surface area contributed by atoms with Crippen molar-refractivity contribution in [3.8, 4) is 22.5 Å². The van der Waals surface area contributed by atoms with Crippen molar-refractivity contribution in [3.05, 3.63) is 72.3 Å². The van der Waals surface area contributed by atoms with Gasteiger partial charge in [0.2, 0.25) is 0 Å². The Balaban J connectivity index is 1.80. The predicted molar refractivity (Wildman–Crippen MR) is 110 cm³/mol. The van der Waals surface area contributed by atoms with E-state index in [1.165, 1.54) is 6.07 Å². The van der Waals surface area contributed by atoms with Gasteiger partial charge in [0.15, 0.2) is 0 Å². The molecule has 3 rings (SSSR count). The molecule has 0 atom stereocenters. The highest BCUT2D eigenvalue weighted by molar-refractivity contribution is 5.85. The van der Waals surface area contributed by atoms with E-state index >= 15 is 0 Å². The highest BCUT2D eigenvalue weighted by atomic mass is 19.4. The van der Waals surface area contributed by atoms with Gasteiger partial charge in [-0.1, -0.05) is 30.3 Å². The van der Waals surface area contributed by atoms with Gasteiger partial charge in [-0.3, -0.25) is 5.32 Å². The first-order chi connectivity index (χ1) is 14.0. The molecule has 0 bridgehead atoms. The second-order valence-electron chi connectivity index (χ2n) is 7.69. The number of carbonyl (C=O) groups is 1. The second kappa shape index (κ2) is 8.18. The number of carbonyl (C=O) groups excluding carboxylic acids is 1. The van der Waals surface area contributed by atoms with E-state index in [4.69, 9.17) is 4.74 Å². The van der Waals surface area contributed by atoms with E-state index in [1.54, 1.807) is 69.3 Å². The van der Waals surface area contributed by atoms with Gasteiger partial charge in [-0.15, -0.1) is 0 Å². The summed E-state index contributed by atoms with van der Waals surface area (Å²) in [6, 6.07) is 17.2. The van der Waals surface area contributed by atoms with E-state index in [1.807, 2.05) is 0 Å². The lowest BCUT2D eigenvalue weighted by Crippen LogP contribution is -2.27. The van der Waals surface area contributed by atoms with Crippen LogP contribution in [-0.4, -0.2) is 16.7 Å². The minimum Gasteiger partial charge on any atom is -0.444 e. The number of benzene rings is 2. The van der Waals surface area contributed by atoms with Gasteiger partial charge in [-0.25, -0.2) is 9.78 Å². The second-order valence-corrected chi connectivity index (χ2v) is 7.69. The van der Waals surface area contributed by atoms with Crippen molar-refractivity contribution in [2.75, 3.05) is 5.32 Å². The van der Waals surface area contributed by atoms with Gasteiger partial charge in [0.05, 0.1) is 17.0 Å². The van der Waals surface area contributed by atoms with E-state index < -0.39 is 23.4 Å². The molecule has 1 aromatic heterocycles. The molecule has 0 radical (unpaired) electrons. The molecule has 0 saturated heterocycles. The van der Waals surface area contributed by atoms with Crippen LogP contribution in [0.5, 0.6) is 0 Å². The number of rotatable bonds is 3. The molecule has 3 aromatic rings. The Labute approximate surface area is 172 Å². The number of amides is 1. The van der Waals surface area contributed by atoms with Gasteiger partial charge < -0.3 is 4.74 Å². The Morgan fingerprint density at radius 2 is 1.47 bits per heavy atom. The van der Waals surface area contributed by atoms with Crippen molar-refractivity contribution in [2.45, 2.75) is 32.5 Å². The number of hydrogen-bond donors (Lipinski definition) is 1. The molecule has 0 unspecified atom stereocenters. The number of ether oxygens (including phenoxy) is 1. The lowest BCUT2D eigenvalue weighted by atomic mass is 10.1. The molecular weight excluding hydrogens is 393 g/mol. The Hall–Kier alpha value is -3.35. The molecule has 0 aliphatic carbocycles. The summed E-state index contributed by atoms with van der Waals surface area (Å²) in [5, 5.41) is 2.65. The number of nitrogens with one attached hydrogen (secondary N) is 1. The zero-order valence-corrected chi connectivity index (χ0v) is 16.7. The maximum atomic E-state index is 13.0. The number of alkyl halides is 3. The molecule has 2 aromatic carbocycles. The standard InChI is InChI=1S/C23H21F3N2O2/c1-22(2,3)30-21(29)27-18-12-10-15(11-13-18)19-8-5-9-20(28-19)16-6-4-7-17(14-16)23(24,25)26/h4-14H,1-3H3,(H,27,29). The van der Waals surface area contributed by atoms with Crippen molar-refractivity contribution >= 4 is 11.8 Å². The van der Waals surface area contributed by atoms with Crippen LogP contribution in [-0.2, 0) is 10.9 Å². The molecule has 0 spiro atoms. The summed E-state index contributed by atoms with van der Waals surface area (Å²) in [6.45, 7) is 5.33. The molecule has 1 N–H and O–H groups in total. The lowest BCUT2D eigenvalue weighted by Gasteiger charge is -2.19. The zero-order valence-electron chi connectivity index (χ0n) is 16.7. The fraction of sp³-hybridized carbons (Fsp3) is 0.217. The summed E-state index contributed by atoms with van der Waals surface area (Å²) >= 11 is 0. The van der Waals surface area contributed by atoms with Crippen LogP contribution in [0, 0.1) is 0 Å². The lowest BCUT2D eigenvalue weighted by molar-refractivity contribution is -0.137. The fourth-order valence-electron chi connectivity index (χ4n) is 2.76. The number of aromatic nitrogens is 1. The molecule has 0 fully saturated rings. The number of anilines is 1. The zero-order chi connectivity index (χ0) is 21.9. The summed E-state index contributed by atoms with van der Waals surface area (Å²) in [5.41, 5.74) is 1.43. The largest absolute Gasteiger partial charge is 0.444 e. The Kier molecular flexibility index (Phi) is 5.82. The Bertz CT molecular complexity index is 1040. The van der Waals surface area contributed by atoms with Crippen LogP contribution < -0.4 is 5.32 Å². The van der Waals surface area contributed by atoms with E-state index in [0.29, 0.717) is 22.6 Å². The minimum absolute atomic E-state index is 0.384. The van der Waals surface area contributed by atoms with Crippen molar-refractivity contribution in [1.82, 2.24) is 4.98 Å². The first kappa shape index (κ1) is 21.4. The van der Waals surface area contributed by atoms with Crippen LogP contribution in [0.1, 0.15) is 26.3 Å². The third-order valence-corrected chi connectivity index (χ3v) is 4.06. The summed E-state index contributed by atoms with van der Waals surface area (Å²) in [7, 11) is 0. The van der Waals surface area contributed by atoms with Crippen molar-refractivity contribution in [2.24, 2.45) is 0 Å². The Morgan fingerprint density at radius 1 is 0.867 bits per heavy atom. The summed E-state index contributed by atoms with van der Waals surface area (Å²) in [5.74, 6) is 0. The number of pyridine rings is 1. The average Bonchev–Trinajstić information content (AvgIpc) is 2.67. The third-order valence-electron chi connectivity index (χ3n) is 4.06. The fourth-order valence-corrected chi connectivity index (χ4v) is 2.76. The maximum Gasteiger partial charge on any atom is 0.416 e. The molecule has 0 aliphatic heterocycles. The highest BCUT2D eigenvalue weighted by Gasteiger charge is 2.30. The molecule has 156 valence electrons. The molecule has 7 heteroatoms. The molecule has 30 heavy (non-hydrogen) atoms. The SMILES string of the molecule is CC(C)(C)OC(=O)Nc1ccc(-c2cccc(-c3cccc(C(F)(F)F)c3)n2)cc1. The predicted octanol–water partition coefficient (Wildman–Crippen LogP) is 6.78. The van der Waals surface area contributed by atoms with Crippen LogP contribution in [0.25, 0.3) is 22.5 Å². The first-order valence-electron chi connectivity index (χ1n) is 9.26. The normalized spacial score (nSPS) is 11.8. The van der Waals surface area contributed by atoms with E-state index in [-0.39, 0.29) is 0 Å². The maximum absolute atomic E-state index is 13.0. The third kappa shape index (κ3) is 5.59. The summed E-state index contributed by atoms with van der Waals surface area (Å²) in [4.78, 5) is 16.4. The van der Waals surface area contributed by atoms with Gasteiger partial charge in [-0.2, -0.15) is 13.2 Å². The monoisotopic (exact) mass is 414 g/mol. The molecule has 1 amide bonds. The highest BCUT2D eigenvalue weighted by Crippen LogP contribution is 2.32. The van der Waals surface area contributed by atoms with Gasteiger partial charge in [0, 0.05) is 16.8 Å². The van der Waals surface area contributed by atoms with Crippen molar-refractivity contribution in [1.29, 1.82) is 0 Å². The van der Waals surface area contributed by atoms with Crippen molar-refractivity contribution in [3.63, 3.8) is 0 Å². The minimum atomic E-state index is -4.41. The van der Waals surface area contributed by atoms with E-state index in [9.17, 15) is 18.0 Å². The number of halogens is 3. The molecule has 0 saturated carbocycles. The smallest absolute Gasteiger partial charge is 0.416 e. The Morgan fingerprint density at radius 3 is 2.07 bits per heavy atom. The molecule has 4 nitrogen and oxygen atoms in total. The number of nitrogens with zero attached hydrogens (tertiary/aromatic N) is 1. The van der Waals surface area contributed by atoms with Gasteiger partial charge in [-0.05, 0) is 57.2 Å². The van der Waals surface area contributed by atoms with Gasteiger partial charge in [0.1, 0.15) is 5.60 Å². The van der Waals surface area contributed by atoms with Gasteiger partial charge >= 0.3 is 12.3 Å². The summed E-state index contributed by atoms with van der Waals surface area (Å²) in [6.07, 6.45) is -4.97. The van der Waals surface area contributed by atoms with Crippen LogP contribution in [0.15, 0.2) is 66.7 Å². The van der Waals surface area contributed by atoms with Crippen LogP contribution in [0.3, 0.4) is 0 Å². The van der Waals surface area contributed by atoms with Gasteiger partial charge in [0.25, 0.3) is 0 Å². The van der Waals surface area contributed by atoms with Crippen molar-refractivity contribution < 1.29 is 22.7 Å². The molecule has 1 heterocycles. The molecule has 0 aliphatic rings. The van der Waals surface area contributed by atoms with E-state index in [0.717, 1.165) is 17.7 Å². The van der Waals surface area contributed by atoms with Crippen LogP contribution >= 0.6 is 0 Å². The quantitative estimate of drug-likeness (QED) is 0.514. The molecular formula is C23H21F3N2O2. The number of hydrogen-bond acceptors (Lipinski definition) is 3. The summed E-state index contributed by atoms with van der Waals surface area (Å²) < 4.78 is 44.2. The van der Waals surface area contributed by atoms with Crippen LogP contribution in [0.2, 0.25) is 0 Å². The topological polar surface area (TPSA) is 51.2 Å². The first-order valence-corrected chi connectivity index (χ1v) is 9.26. The van der Waals surface area contributed by atoms with E-state index in [2.05, 4.69) is 10.3 Å². The van der Waals surface area contributed by atoms with Crippen LogP contribution in [0.4, 0.5) is 23.7 Å².